The van der Waals surface area contributed by atoms with Gasteiger partial charge in [-0.05, 0) is 96.3 Å². The Balaban J connectivity index is 3.80. The molecular formula is C50H81NO3. The summed E-state index contributed by atoms with van der Waals surface area (Å²) in [7, 11) is 0. The van der Waals surface area contributed by atoms with Crippen molar-refractivity contribution in [2.24, 2.45) is 0 Å². The molecule has 0 aliphatic heterocycles. The van der Waals surface area contributed by atoms with Crippen molar-refractivity contribution in [3.05, 3.63) is 122 Å². The van der Waals surface area contributed by atoms with Crippen LogP contribution in [-0.4, -0.2) is 34.9 Å². The highest BCUT2D eigenvalue weighted by Crippen LogP contribution is 2.11. The van der Waals surface area contributed by atoms with Gasteiger partial charge in [0.05, 0.1) is 18.8 Å². The van der Waals surface area contributed by atoms with Crippen LogP contribution in [0.5, 0.6) is 0 Å². The maximum Gasteiger partial charge on any atom is 0.220 e. The number of aliphatic hydroxyl groups excluding tert-OH is 2. The summed E-state index contributed by atoms with van der Waals surface area (Å²) in [6.45, 7) is 4.14. The molecule has 54 heavy (non-hydrogen) atoms. The van der Waals surface area contributed by atoms with E-state index in [4.69, 9.17) is 0 Å². The lowest BCUT2D eigenvalue weighted by Crippen LogP contribution is -2.45. The first-order valence-electron chi connectivity index (χ1n) is 21.7. The molecule has 2 atom stereocenters. The van der Waals surface area contributed by atoms with Gasteiger partial charge in [0.15, 0.2) is 0 Å². The average molecular weight is 744 g/mol. The van der Waals surface area contributed by atoms with Gasteiger partial charge in [0.1, 0.15) is 0 Å². The van der Waals surface area contributed by atoms with Crippen molar-refractivity contribution >= 4 is 5.91 Å². The number of rotatable bonds is 37. The zero-order valence-corrected chi connectivity index (χ0v) is 34.7. The third-order valence-electron chi connectivity index (χ3n) is 8.93. The van der Waals surface area contributed by atoms with E-state index in [1.54, 1.807) is 6.08 Å². The van der Waals surface area contributed by atoms with Crippen LogP contribution in [0.15, 0.2) is 122 Å². The van der Waals surface area contributed by atoms with Crippen LogP contribution in [-0.2, 0) is 4.79 Å². The quantitative estimate of drug-likeness (QED) is 0.0438. The SMILES string of the molecule is CC/C=C\C/C=C\C/C=C\C/C=C\C/C=C\C/C=C\C/C=C\C/C=C\CCCCC(=O)NC(CO)C(O)/C=C/CC/C=C/CCCCCCCCCCC. The molecule has 0 aliphatic rings. The van der Waals surface area contributed by atoms with Crippen LogP contribution in [0.2, 0.25) is 0 Å². The number of hydrogen-bond donors (Lipinski definition) is 3. The van der Waals surface area contributed by atoms with Crippen molar-refractivity contribution in [2.45, 2.75) is 180 Å². The highest BCUT2D eigenvalue weighted by molar-refractivity contribution is 5.76. The summed E-state index contributed by atoms with van der Waals surface area (Å²) in [5, 5.41) is 22.9. The van der Waals surface area contributed by atoms with Crippen molar-refractivity contribution in [1.29, 1.82) is 0 Å². The Kier molecular flexibility index (Phi) is 41.6. The Hall–Kier alpha value is -3.21. The lowest BCUT2D eigenvalue weighted by atomic mass is 10.1. The van der Waals surface area contributed by atoms with E-state index in [9.17, 15) is 15.0 Å². The van der Waals surface area contributed by atoms with Crippen LogP contribution in [0.3, 0.4) is 0 Å². The zero-order chi connectivity index (χ0) is 39.3. The van der Waals surface area contributed by atoms with Gasteiger partial charge in [-0.15, -0.1) is 0 Å². The lowest BCUT2D eigenvalue weighted by Gasteiger charge is -2.19. The van der Waals surface area contributed by atoms with Crippen molar-refractivity contribution in [2.75, 3.05) is 6.61 Å². The van der Waals surface area contributed by atoms with Crippen LogP contribution in [0.4, 0.5) is 0 Å². The lowest BCUT2D eigenvalue weighted by molar-refractivity contribution is -0.123. The van der Waals surface area contributed by atoms with Gasteiger partial charge in [-0.3, -0.25) is 4.79 Å². The topological polar surface area (TPSA) is 69.6 Å². The first-order valence-corrected chi connectivity index (χ1v) is 21.7. The number of nitrogens with one attached hydrogen (secondary N) is 1. The normalized spacial score (nSPS) is 14.2. The molecule has 2 unspecified atom stereocenters. The molecule has 0 aliphatic carbocycles. The van der Waals surface area contributed by atoms with Crippen molar-refractivity contribution in [3.8, 4) is 0 Å². The monoisotopic (exact) mass is 744 g/mol. The van der Waals surface area contributed by atoms with Gasteiger partial charge in [-0.25, -0.2) is 0 Å². The molecular weight excluding hydrogens is 663 g/mol. The van der Waals surface area contributed by atoms with E-state index in [1.807, 2.05) is 6.08 Å². The third-order valence-corrected chi connectivity index (χ3v) is 8.93. The standard InChI is InChI=1S/C50H81NO3/c1-3-5-7-9-11-13-15-17-19-20-21-22-23-24-25-26-27-28-29-30-32-34-36-38-40-42-44-46-50(54)51-48(47-52)49(53)45-43-41-39-37-35-33-31-18-16-14-12-10-8-6-4-2/h5,7,11,13,17,19,21-22,24-25,27-28,30,32,35-38,43,45,48-49,52-53H,3-4,6,8-10,12,14-16,18,20,23,26,29,31,33-34,39-42,44,46-47H2,1-2H3,(H,51,54)/b7-5-,13-11-,19-17-,22-21-,25-24-,28-27-,32-30-,37-35+,38-36-,45-43+. The molecule has 0 rings (SSSR count). The van der Waals surface area contributed by atoms with Crippen molar-refractivity contribution in [3.63, 3.8) is 0 Å². The van der Waals surface area contributed by atoms with Gasteiger partial charge < -0.3 is 15.5 Å². The number of hydrogen-bond acceptors (Lipinski definition) is 3. The molecule has 4 heteroatoms. The maximum atomic E-state index is 12.4. The van der Waals surface area contributed by atoms with E-state index >= 15 is 0 Å². The predicted octanol–water partition coefficient (Wildman–Crippen LogP) is 13.8. The predicted molar refractivity (Wildman–Crippen MR) is 239 cm³/mol. The van der Waals surface area contributed by atoms with Gasteiger partial charge in [-0.1, -0.05) is 187 Å². The van der Waals surface area contributed by atoms with E-state index in [1.165, 1.54) is 57.8 Å². The molecule has 3 N–H and O–H groups in total. The van der Waals surface area contributed by atoms with Crippen LogP contribution in [0.25, 0.3) is 0 Å². The Morgan fingerprint density at radius 1 is 0.463 bits per heavy atom. The number of carbonyl (C=O) groups excluding carboxylic acids is 1. The average Bonchev–Trinajstić information content (AvgIpc) is 3.18. The summed E-state index contributed by atoms with van der Waals surface area (Å²) in [5.41, 5.74) is 0. The second kappa shape index (κ2) is 44.2. The Morgan fingerprint density at radius 2 is 0.833 bits per heavy atom. The number of carbonyl (C=O) groups is 1. The number of aliphatic hydroxyl groups is 2. The molecule has 0 fully saturated rings. The van der Waals surface area contributed by atoms with E-state index in [0.717, 1.165) is 89.9 Å². The maximum absolute atomic E-state index is 12.4. The van der Waals surface area contributed by atoms with Crippen molar-refractivity contribution < 1.29 is 15.0 Å². The number of amides is 1. The number of unbranched alkanes of at least 4 members (excludes halogenated alkanes) is 12. The minimum atomic E-state index is -0.889. The summed E-state index contributed by atoms with van der Waals surface area (Å²) >= 11 is 0. The van der Waals surface area contributed by atoms with E-state index in [-0.39, 0.29) is 12.5 Å². The molecule has 0 heterocycles. The van der Waals surface area contributed by atoms with Gasteiger partial charge in [-0.2, -0.15) is 0 Å². The largest absolute Gasteiger partial charge is 0.394 e. The second-order valence-corrected chi connectivity index (χ2v) is 14.0. The summed E-state index contributed by atoms with van der Waals surface area (Å²) in [5.74, 6) is -0.123. The Bertz CT molecular complexity index is 1120. The molecule has 0 aromatic rings. The minimum Gasteiger partial charge on any atom is -0.394 e. The molecule has 0 aromatic carbocycles. The van der Waals surface area contributed by atoms with Crippen LogP contribution in [0, 0.1) is 0 Å². The van der Waals surface area contributed by atoms with Gasteiger partial charge in [0, 0.05) is 6.42 Å². The van der Waals surface area contributed by atoms with Crippen molar-refractivity contribution in [1.82, 2.24) is 5.32 Å². The zero-order valence-electron chi connectivity index (χ0n) is 34.7. The van der Waals surface area contributed by atoms with E-state index in [0.29, 0.717) is 6.42 Å². The number of allylic oxidation sites excluding steroid dienone is 19. The molecule has 1 amide bonds. The molecule has 0 radical (unpaired) electrons. The van der Waals surface area contributed by atoms with Gasteiger partial charge >= 0.3 is 0 Å². The summed E-state index contributed by atoms with van der Waals surface area (Å²) in [4.78, 5) is 12.4. The second-order valence-electron chi connectivity index (χ2n) is 14.0. The molecule has 0 bridgehead atoms. The first-order chi connectivity index (χ1) is 26.7. The molecule has 304 valence electrons. The fourth-order valence-electron chi connectivity index (χ4n) is 5.62. The highest BCUT2D eigenvalue weighted by atomic mass is 16.3. The summed E-state index contributed by atoms with van der Waals surface area (Å²) in [6.07, 6.45) is 68.7. The van der Waals surface area contributed by atoms with Gasteiger partial charge in [0.2, 0.25) is 5.91 Å². The highest BCUT2D eigenvalue weighted by Gasteiger charge is 2.17. The van der Waals surface area contributed by atoms with Crippen LogP contribution < -0.4 is 5.32 Å². The van der Waals surface area contributed by atoms with Crippen LogP contribution >= 0.6 is 0 Å². The summed E-state index contributed by atoms with van der Waals surface area (Å²) in [6, 6.07) is -0.671. The fourth-order valence-corrected chi connectivity index (χ4v) is 5.62. The third kappa shape index (κ3) is 40.0. The first kappa shape index (κ1) is 50.8. The van der Waals surface area contributed by atoms with E-state index < -0.39 is 12.1 Å². The van der Waals surface area contributed by atoms with Crippen LogP contribution in [0.1, 0.15) is 168 Å². The molecule has 0 saturated heterocycles. The van der Waals surface area contributed by atoms with E-state index in [2.05, 4.69) is 129 Å². The minimum absolute atomic E-state index is 0.123. The summed E-state index contributed by atoms with van der Waals surface area (Å²) < 4.78 is 0. The molecule has 0 aromatic heterocycles. The smallest absolute Gasteiger partial charge is 0.220 e. The molecule has 0 spiro atoms. The Morgan fingerprint density at radius 3 is 1.30 bits per heavy atom. The fraction of sp³-hybridized carbons (Fsp3) is 0.580. The molecule has 4 nitrogen and oxygen atoms in total. The van der Waals surface area contributed by atoms with Gasteiger partial charge in [0.25, 0.3) is 0 Å². The Labute approximate surface area is 333 Å². The molecule has 0 saturated carbocycles.